The summed E-state index contributed by atoms with van der Waals surface area (Å²) < 4.78 is 10.3. The van der Waals surface area contributed by atoms with Crippen molar-refractivity contribution in [2.24, 2.45) is 0 Å². The molecule has 19 heavy (non-hydrogen) atoms. The first-order valence-electron chi connectivity index (χ1n) is 5.43. The van der Waals surface area contributed by atoms with E-state index in [2.05, 4.69) is 10.2 Å². The summed E-state index contributed by atoms with van der Waals surface area (Å²) in [7, 11) is 1.50. The van der Waals surface area contributed by atoms with Crippen LogP contribution in [0, 0.1) is 10.1 Å². The molecule has 1 amide bonds. The zero-order valence-electron chi connectivity index (χ0n) is 10.3. The highest BCUT2D eigenvalue weighted by atomic mass is 16.9. The van der Waals surface area contributed by atoms with Crippen molar-refractivity contribution in [1.29, 1.82) is 0 Å². The zero-order valence-corrected chi connectivity index (χ0v) is 10.3. The minimum absolute atomic E-state index is 0.0368. The van der Waals surface area contributed by atoms with Gasteiger partial charge in [-0.05, 0) is 12.1 Å². The summed E-state index contributed by atoms with van der Waals surface area (Å²) in [5.74, 6) is 0.562. The van der Waals surface area contributed by atoms with E-state index < -0.39 is 11.0 Å². The number of hydrogen-bond acceptors (Lipinski definition) is 6. The maximum absolute atomic E-state index is 11.4. The van der Waals surface area contributed by atoms with Crippen LogP contribution in [0.4, 0.5) is 0 Å². The van der Waals surface area contributed by atoms with Gasteiger partial charge in [0, 0.05) is 6.54 Å². The van der Waals surface area contributed by atoms with Gasteiger partial charge in [0.1, 0.15) is 6.61 Å². The maximum atomic E-state index is 11.4. The Bertz CT molecular complexity index is 437. The zero-order chi connectivity index (χ0) is 14.1. The third-order valence-electron chi connectivity index (χ3n) is 2.05. The number of carbonyl (C=O) groups is 1. The van der Waals surface area contributed by atoms with Crippen molar-refractivity contribution < 1.29 is 24.2 Å². The van der Waals surface area contributed by atoms with Crippen LogP contribution in [0.1, 0.15) is 0 Å². The number of benzene rings is 1. The molecule has 0 aliphatic heterocycles. The Kier molecular flexibility index (Phi) is 5.93. The SMILES string of the molecule is COc1ccccc1OCC(=O)NCCO[N+](=O)[O-]. The molecule has 8 heteroatoms. The molecule has 0 saturated carbocycles. The molecule has 0 aliphatic carbocycles. The summed E-state index contributed by atoms with van der Waals surface area (Å²) in [5, 5.41) is 11.3. The highest BCUT2D eigenvalue weighted by Crippen LogP contribution is 2.25. The molecule has 0 radical (unpaired) electrons. The van der Waals surface area contributed by atoms with Crippen molar-refractivity contribution >= 4 is 5.91 Å². The van der Waals surface area contributed by atoms with E-state index in [-0.39, 0.29) is 19.8 Å². The first-order chi connectivity index (χ1) is 9.13. The highest BCUT2D eigenvalue weighted by molar-refractivity contribution is 5.77. The summed E-state index contributed by atoms with van der Waals surface area (Å²) in [4.78, 5) is 25.3. The molecule has 104 valence electrons. The van der Waals surface area contributed by atoms with E-state index in [1.54, 1.807) is 24.3 Å². The van der Waals surface area contributed by atoms with Crippen molar-refractivity contribution in [3.8, 4) is 11.5 Å². The molecule has 1 aromatic rings. The second-order valence-corrected chi connectivity index (χ2v) is 3.35. The van der Waals surface area contributed by atoms with Crippen molar-refractivity contribution in [1.82, 2.24) is 5.32 Å². The number of amides is 1. The van der Waals surface area contributed by atoms with Crippen LogP contribution >= 0.6 is 0 Å². The summed E-state index contributed by atoms with van der Waals surface area (Å²) in [6.07, 6.45) is 0. The molecule has 1 aromatic carbocycles. The number of methoxy groups -OCH3 is 1. The summed E-state index contributed by atoms with van der Waals surface area (Å²) in [6.45, 7) is -0.374. The molecule has 0 spiro atoms. The van der Waals surface area contributed by atoms with Crippen LogP contribution in [-0.4, -0.2) is 37.9 Å². The lowest BCUT2D eigenvalue weighted by Crippen LogP contribution is -2.32. The van der Waals surface area contributed by atoms with E-state index in [1.165, 1.54) is 7.11 Å². The van der Waals surface area contributed by atoms with Gasteiger partial charge in [-0.3, -0.25) is 4.79 Å². The van der Waals surface area contributed by atoms with E-state index in [0.717, 1.165) is 0 Å². The standard InChI is InChI=1S/C11H14N2O6/c1-17-9-4-2-3-5-10(9)18-8-11(14)12-6-7-19-13(15)16/h2-5H,6-8H2,1H3,(H,12,14). The van der Waals surface area contributed by atoms with Crippen LogP contribution in [0.15, 0.2) is 24.3 Å². The first kappa shape index (κ1) is 14.6. The van der Waals surface area contributed by atoms with Crippen molar-refractivity contribution in [2.75, 3.05) is 26.9 Å². The fourth-order valence-corrected chi connectivity index (χ4v) is 1.24. The summed E-state index contributed by atoms with van der Waals surface area (Å²) >= 11 is 0. The number of nitrogens with zero attached hydrogens (tertiary/aromatic N) is 1. The number of para-hydroxylation sites is 2. The molecular formula is C11H14N2O6. The Hall–Kier alpha value is -2.51. The smallest absolute Gasteiger partial charge is 0.294 e. The second kappa shape index (κ2) is 7.75. The molecule has 0 heterocycles. The van der Waals surface area contributed by atoms with Crippen molar-refractivity contribution in [2.45, 2.75) is 0 Å². The second-order valence-electron chi connectivity index (χ2n) is 3.35. The fraction of sp³-hybridized carbons (Fsp3) is 0.364. The van der Waals surface area contributed by atoms with Gasteiger partial charge in [-0.15, -0.1) is 10.1 Å². The van der Waals surface area contributed by atoms with Crippen LogP contribution in [0.25, 0.3) is 0 Å². The van der Waals surface area contributed by atoms with Gasteiger partial charge in [0.05, 0.1) is 7.11 Å². The quantitative estimate of drug-likeness (QED) is 0.417. The van der Waals surface area contributed by atoms with Gasteiger partial charge in [0.2, 0.25) is 0 Å². The van der Waals surface area contributed by atoms with Gasteiger partial charge in [0.15, 0.2) is 18.1 Å². The molecular weight excluding hydrogens is 256 g/mol. The molecule has 0 bridgehead atoms. The van der Waals surface area contributed by atoms with Gasteiger partial charge in [-0.25, -0.2) is 0 Å². The predicted molar refractivity (Wildman–Crippen MR) is 64.4 cm³/mol. The van der Waals surface area contributed by atoms with Crippen molar-refractivity contribution in [3.63, 3.8) is 0 Å². The van der Waals surface area contributed by atoms with Crippen LogP contribution in [-0.2, 0) is 9.63 Å². The minimum atomic E-state index is -0.919. The van der Waals surface area contributed by atoms with Crippen LogP contribution in [0.5, 0.6) is 11.5 Å². The molecule has 1 rings (SSSR count). The molecule has 0 aliphatic rings. The third-order valence-corrected chi connectivity index (χ3v) is 2.05. The maximum Gasteiger partial charge on any atom is 0.294 e. The van der Waals surface area contributed by atoms with E-state index in [0.29, 0.717) is 11.5 Å². The minimum Gasteiger partial charge on any atom is -0.493 e. The highest BCUT2D eigenvalue weighted by Gasteiger charge is 2.06. The molecule has 0 aromatic heterocycles. The Morgan fingerprint density at radius 1 is 1.37 bits per heavy atom. The fourth-order valence-electron chi connectivity index (χ4n) is 1.24. The van der Waals surface area contributed by atoms with Gasteiger partial charge < -0.3 is 19.6 Å². The van der Waals surface area contributed by atoms with Crippen LogP contribution < -0.4 is 14.8 Å². The summed E-state index contributed by atoms with van der Waals surface area (Å²) in [6, 6.07) is 6.90. The van der Waals surface area contributed by atoms with E-state index in [1.807, 2.05) is 0 Å². The average molecular weight is 270 g/mol. The van der Waals surface area contributed by atoms with Crippen LogP contribution in [0.3, 0.4) is 0 Å². The van der Waals surface area contributed by atoms with Gasteiger partial charge in [0.25, 0.3) is 11.0 Å². The van der Waals surface area contributed by atoms with Gasteiger partial charge in [-0.1, -0.05) is 12.1 Å². The molecule has 0 fully saturated rings. The first-order valence-corrected chi connectivity index (χ1v) is 5.43. The molecule has 0 saturated heterocycles. The van der Waals surface area contributed by atoms with E-state index >= 15 is 0 Å². The number of rotatable bonds is 8. The van der Waals surface area contributed by atoms with Gasteiger partial charge in [-0.2, -0.15) is 0 Å². The van der Waals surface area contributed by atoms with Crippen molar-refractivity contribution in [3.05, 3.63) is 34.4 Å². The average Bonchev–Trinajstić information content (AvgIpc) is 2.41. The number of ether oxygens (including phenoxy) is 2. The molecule has 1 N–H and O–H groups in total. The molecule has 0 atom stereocenters. The predicted octanol–water partition coefficient (Wildman–Crippen LogP) is 0.399. The Morgan fingerprint density at radius 2 is 2.05 bits per heavy atom. The molecule has 8 nitrogen and oxygen atoms in total. The number of hydrogen-bond donors (Lipinski definition) is 1. The molecule has 0 unspecified atom stereocenters. The Balaban J connectivity index is 2.28. The Labute approximate surface area is 109 Å². The Morgan fingerprint density at radius 3 is 2.68 bits per heavy atom. The topological polar surface area (TPSA) is 99.9 Å². The summed E-state index contributed by atoms with van der Waals surface area (Å²) in [5.41, 5.74) is 0. The normalized spacial score (nSPS) is 9.53. The lowest BCUT2D eigenvalue weighted by Gasteiger charge is -2.10. The monoisotopic (exact) mass is 270 g/mol. The van der Waals surface area contributed by atoms with E-state index in [9.17, 15) is 14.9 Å². The number of nitrogens with one attached hydrogen (secondary N) is 1. The lowest BCUT2D eigenvalue weighted by molar-refractivity contribution is -0.757. The van der Waals surface area contributed by atoms with Gasteiger partial charge >= 0.3 is 0 Å². The van der Waals surface area contributed by atoms with Crippen LogP contribution in [0.2, 0.25) is 0 Å². The third kappa shape index (κ3) is 5.57. The largest absolute Gasteiger partial charge is 0.493 e. The lowest BCUT2D eigenvalue weighted by atomic mass is 10.3. The van der Waals surface area contributed by atoms with E-state index in [4.69, 9.17) is 9.47 Å². The number of carbonyl (C=O) groups excluding carboxylic acids is 1.